The van der Waals surface area contributed by atoms with E-state index in [1.54, 1.807) is 0 Å². The first kappa shape index (κ1) is 14.1. The van der Waals surface area contributed by atoms with Crippen LogP contribution >= 0.6 is 0 Å². The largest absolute Gasteiger partial charge is 0.276 e. The predicted octanol–water partition coefficient (Wildman–Crippen LogP) is 2.40. The zero-order chi connectivity index (χ0) is 13.9. The minimum absolute atomic E-state index is 0.382. The van der Waals surface area contributed by atoms with E-state index in [9.17, 15) is 0 Å². The summed E-state index contributed by atoms with van der Waals surface area (Å²) in [6.07, 6.45) is 12.9. The molecule has 4 heteroatoms. The van der Waals surface area contributed by atoms with Crippen LogP contribution in [0.15, 0.2) is 12.3 Å². The summed E-state index contributed by atoms with van der Waals surface area (Å²) in [5, 5.41) is 4.50. The van der Waals surface area contributed by atoms with E-state index in [0.717, 1.165) is 29.9 Å². The van der Waals surface area contributed by atoms with E-state index >= 15 is 0 Å². The molecule has 2 fully saturated rings. The van der Waals surface area contributed by atoms with Gasteiger partial charge in [0.05, 0.1) is 5.69 Å². The summed E-state index contributed by atoms with van der Waals surface area (Å²) in [7, 11) is 1.97. The van der Waals surface area contributed by atoms with Crippen molar-refractivity contribution in [2.24, 2.45) is 30.6 Å². The Labute approximate surface area is 122 Å². The molecule has 20 heavy (non-hydrogen) atoms. The molecule has 0 saturated heterocycles. The maximum absolute atomic E-state index is 5.84. The Morgan fingerprint density at radius 2 is 2.10 bits per heavy atom. The van der Waals surface area contributed by atoms with Crippen molar-refractivity contribution in [2.45, 2.75) is 57.4 Å². The second-order valence-electron chi connectivity index (χ2n) is 6.84. The van der Waals surface area contributed by atoms with Crippen LogP contribution in [0.4, 0.5) is 0 Å². The molecule has 0 aliphatic heterocycles. The molecule has 0 aromatic carbocycles. The molecule has 0 bridgehead atoms. The molecule has 3 rings (SSSR count). The van der Waals surface area contributed by atoms with Gasteiger partial charge < -0.3 is 0 Å². The first-order valence-corrected chi connectivity index (χ1v) is 8.21. The fraction of sp³-hybridized carbons (Fsp3) is 0.812. The Morgan fingerprint density at radius 1 is 1.30 bits per heavy atom. The molecule has 4 unspecified atom stereocenters. The van der Waals surface area contributed by atoms with Crippen molar-refractivity contribution in [3.05, 3.63) is 18.0 Å². The third kappa shape index (κ3) is 3.07. The molecule has 2 saturated carbocycles. The molecule has 2 aliphatic rings. The van der Waals surface area contributed by atoms with Crippen LogP contribution in [-0.2, 0) is 13.5 Å². The van der Waals surface area contributed by atoms with Crippen molar-refractivity contribution >= 4 is 0 Å². The molecular weight excluding hydrogens is 248 g/mol. The zero-order valence-electron chi connectivity index (χ0n) is 12.6. The highest BCUT2D eigenvalue weighted by Crippen LogP contribution is 2.43. The molecule has 3 N–H and O–H groups in total. The van der Waals surface area contributed by atoms with E-state index in [-0.39, 0.29) is 0 Å². The molecule has 0 spiro atoms. The average molecular weight is 276 g/mol. The van der Waals surface area contributed by atoms with Gasteiger partial charge in [-0.05, 0) is 43.1 Å². The quantitative estimate of drug-likeness (QED) is 0.656. The summed E-state index contributed by atoms with van der Waals surface area (Å²) in [6.45, 7) is 0. The first-order chi connectivity index (χ1) is 9.76. The van der Waals surface area contributed by atoms with Crippen LogP contribution in [0.2, 0.25) is 0 Å². The number of nitrogens with one attached hydrogen (secondary N) is 1. The van der Waals surface area contributed by atoms with Crippen LogP contribution in [0.3, 0.4) is 0 Å². The fourth-order valence-corrected chi connectivity index (χ4v) is 4.43. The molecule has 4 nitrogen and oxygen atoms in total. The van der Waals surface area contributed by atoms with E-state index in [1.165, 1.54) is 44.9 Å². The van der Waals surface area contributed by atoms with Gasteiger partial charge in [0.25, 0.3) is 0 Å². The van der Waals surface area contributed by atoms with Gasteiger partial charge >= 0.3 is 0 Å². The Balaban J connectivity index is 1.61. The van der Waals surface area contributed by atoms with E-state index in [4.69, 9.17) is 5.84 Å². The van der Waals surface area contributed by atoms with Gasteiger partial charge in [-0.3, -0.25) is 16.0 Å². The van der Waals surface area contributed by atoms with Gasteiger partial charge in [-0.1, -0.05) is 25.7 Å². The lowest BCUT2D eigenvalue weighted by Crippen LogP contribution is -2.45. The predicted molar refractivity (Wildman–Crippen MR) is 80.8 cm³/mol. The molecule has 112 valence electrons. The van der Waals surface area contributed by atoms with Gasteiger partial charge in [0.1, 0.15) is 0 Å². The molecule has 1 aromatic heterocycles. The van der Waals surface area contributed by atoms with E-state index in [0.29, 0.717) is 6.04 Å². The van der Waals surface area contributed by atoms with E-state index < -0.39 is 0 Å². The molecule has 1 heterocycles. The number of hydrazine groups is 1. The number of hydrogen-bond donors (Lipinski definition) is 2. The summed E-state index contributed by atoms with van der Waals surface area (Å²) in [6, 6.07) is 2.49. The Hall–Kier alpha value is -0.870. The Bertz CT molecular complexity index is 428. The van der Waals surface area contributed by atoms with Crippen LogP contribution in [-0.4, -0.2) is 15.8 Å². The third-order valence-electron chi connectivity index (χ3n) is 5.56. The highest BCUT2D eigenvalue weighted by atomic mass is 15.3. The maximum atomic E-state index is 5.84. The summed E-state index contributed by atoms with van der Waals surface area (Å²) in [5.74, 6) is 8.53. The molecule has 0 amide bonds. The average Bonchev–Trinajstić information content (AvgIpc) is 2.89. The highest BCUT2D eigenvalue weighted by molar-refractivity contribution is 5.02. The van der Waals surface area contributed by atoms with Crippen molar-refractivity contribution in [3.8, 4) is 0 Å². The van der Waals surface area contributed by atoms with Crippen LogP contribution in [0.5, 0.6) is 0 Å². The summed E-state index contributed by atoms with van der Waals surface area (Å²) < 4.78 is 1.88. The smallest absolute Gasteiger partial charge is 0.0640 e. The van der Waals surface area contributed by atoms with Crippen molar-refractivity contribution < 1.29 is 0 Å². The number of hydrogen-bond acceptors (Lipinski definition) is 3. The van der Waals surface area contributed by atoms with Gasteiger partial charge in [-0.25, -0.2) is 0 Å². The Kier molecular flexibility index (Phi) is 4.41. The number of fused-ring (bicyclic) bond motifs is 1. The van der Waals surface area contributed by atoms with Crippen LogP contribution in [0, 0.1) is 17.8 Å². The first-order valence-electron chi connectivity index (χ1n) is 8.21. The minimum Gasteiger partial charge on any atom is -0.276 e. The monoisotopic (exact) mass is 276 g/mol. The third-order valence-corrected chi connectivity index (χ3v) is 5.56. The fourth-order valence-electron chi connectivity index (χ4n) is 4.43. The number of aromatic nitrogens is 2. The highest BCUT2D eigenvalue weighted by Gasteiger charge is 2.35. The van der Waals surface area contributed by atoms with Crippen LogP contribution in [0.25, 0.3) is 0 Å². The summed E-state index contributed by atoms with van der Waals surface area (Å²) in [4.78, 5) is 0. The van der Waals surface area contributed by atoms with Gasteiger partial charge in [0, 0.05) is 25.7 Å². The standard InChI is InChI=1S/C16H28N4/c1-20-9-8-15(19-20)11-16(18-17)14-7-6-12-4-2-3-5-13(12)10-14/h8-9,12-14,16,18H,2-7,10-11,17H2,1H3. The van der Waals surface area contributed by atoms with Gasteiger partial charge in [0.2, 0.25) is 0 Å². The van der Waals surface area contributed by atoms with Gasteiger partial charge in [-0.15, -0.1) is 0 Å². The zero-order valence-corrected chi connectivity index (χ0v) is 12.6. The van der Waals surface area contributed by atoms with E-state index in [2.05, 4.69) is 16.6 Å². The van der Waals surface area contributed by atoms with E-state index in [1.807, 2.05) is 17.9 Å². The lowest BCUT2D eigenvalue weighted by molar-refractivity contribution is 0.109. The molecule has 4 atom stereocenters. The lowest BCUT2D eigenvalue weighted by atomic mass is 9.66. The SMILES string of the molecule is Cn1ccc(CC(NN)C2CCC3CCCCC3C2)n1. The van der Waals surface area contributed by atoms with Crippen molar-refractivity contribution in [1.29, 1.82) is 0 Å². The second kappa shape index (κ2) is 6.27. The van der Waals surface area contributed by atoms with Gasteiger partial charge in [0.15, 0.2) is 0 Å². The number of nitrogens with zero attached hydrogens (tertiary/aromatic N) is 2. The van der Waals surface area contributed by atoms with Crippen molar-refractivity contribution in [2.75, 3.05) is 0 Å². The maximum Gasteiger partial charge on any atom is 0.0640 e. The number of nitrogens with two attached hydrogens (primary N) is 1. The lowest BCUT2D eigenvalue weighted by Gasteiger charge is -2.41. The van der Waals surface area contributed by atoms with Crippen molar-refractivity contribution in [3.63, 3.8) is 0 Å². The van der Waals surface area contributed by atoms with Crippen molar-refractivity contribution in [1.82, 2.24) is 15.2 Å². The molecule has 2 aliphatic carbocycles. The normalized spacial score (nSPS) is 31.8. The summed E-state index contributed by atoms with van der Waals surface area (Å²) in [5.41, 5.74) is 4.23. The topological polar surface area (TPSA) is 55.9 Å². The minimum atomic E-state index is 0.382. The summed E-state index contributed by atoms with van der Waals surface area (Å²) >= 11 is 0. The van der Waals surface area contributed by atoms with Crippen LogP contribution in [0.1, 0.15) is 50.6 Å². The molecule has 1 aromatic rings. The Morgan fingerprint density at radius 3 is 2.80 bits per heavy atom. The molecule has 0 radical (unpaired) electrons. The number of rotatable bonds is 4. The van der Waals surface area contributed by atoms with Crippen LogP contribution < -0.4 is 11.3 Å². The number of aryl methyl sites for hydroxylation is 1. The molecular formula is C16H28N4. The van der Waals surface area contributed by atoms with Gasteiger partial charge in [-0.2, -0.15) is 5.10 Å². The second-order valence-corrected chi connectivity index (χ2v) is 6.84.